The van der Waals surface area contributed by atoms with E-state index in [0.717, 1.165) is 11.8 Å². The second-order valence-electron chi connectivity index (χ2n) is 6.92. The SMILES string of the molecule is CC1=NN(C2C3CC4CC(C3)CC2C4)C(=O)/C1=C/ON. The standard InChI is InChI=1S/C15H21N3O2/c1-8-13(7-20-16)15(19)18(17-8)14-11-3-9-2-10(5-11)6-12(14)4-9/h7,9-12,14H,2-6,16H2,1H3/b13-7+. The van der Waals surface area contributed by atoms with Crippen molar-refractivity contribution in [2.24, 2.45) is 34.7 Å². The Morgan fingerprint density at radius 2 is 1.80 bits per heavy atom. The molecule has 4 saturated carbocycles. The van der Waals surface area contributed by atoms with Gasteiger partial charge in [-0.3, -0.25) is 4.79 Å². The Morgan fingerprint density at radius 1 is 1.20 bits per heavy atom. The van der Waals surface area contributed by atoms with Gasteiger partial charge in [0.2, 0.25) is 0 Å². The summed E-state index contributed by atoms with van der Waals surface area (Å²) in [5, 5.41) is 6.26. The van der Waals surface area contributed by atoms with E-state index in [1.54, 1.807) is 5.01 Å². The third kappa shape index (κ3) is 1.65. The third-order valence-corrected chi connectivity index (χ3v) is 5.73. The molecule has 0 atom stereocenters. The molecule has 108 valence electrons. The number of amides is 1. The first-order valence-corrected chi connectivity index (χ1v) is 7.62. The summed E-state index contributed by atoms with van der Waals surface area (Å²) in [5.74, 6) is 8.12. The molecule has 0 radical (unpaired) electrons. The van der Waals surface area contributed by atoms with Gasteiger partial charge in [0.05, 0.1) is 11.8 Å². The van der Waals surface area contributed by atoms with Crippen LogP contribution in [0.4, 0.5) is 0 Å². The van der Waals surface area contributed by atoms with E-state index in [2.05, 4.69) is 9.94 Å². The molecule has 0 aromatic carbocycles. The number of hydrogen-bond donors (Lipinski definition) is 1. The van der Waals surface area contributed by atoms with Crippen LogP contribution in [-0.4, -0.2) is 22.7 Å². The molecule has 1 amide bonds. The van der Waals surface area contributed by atoms with Crippen LogP contribution in [0.5, 0.6) is 0 Å². The van der Waals surface area contributed by atoms with Crippen LogP contribution in [0.1, 0.15) is 39.0 Å². The van der Waals surface area contributed by atoms with Crippen LogP contribution in [0.3, 0.4) is 0 Å². The fraction of sp³-hybridized carbons (Fsp3) is 0.733. The number of nitrogens with zero attached hydrogens (tertiary/aromatic N) is 2. The molecule has 0 aromatic heterocycles. The van der Waals surface area contributed by atoms with Crippen molar-refractivity contribution in [2.75, 3.05) is 0 Å². The number of hydrazone groups is 1. The van der Waals surface area contributed by atoms with Crippen molar-refractivity contribution in [3.63, 3.8) is 0 Å². The lowest BCUT2D eigenvalue weighted by atomic mass is 9.54. The summed E-state index contributed by atoms with van der Waals surface area (Å²) >= 11 is 0. The lowest BCUT2D eigenvalue weighted by Crippen LogP contribution is -2.55. The van der Waals surface area contributed by atoms with Crippen molar-refractivity contribution >= 4 is 11.6 Å². The van der Waals surface area contributed by atoms with Gasteiger partial charge in [-0.15, -0.1) is 0 Å². The van der Waals surface area contributed by atoms with Crippen molar-refractivity contribution in [2.45, 2.75) is 45.1 Å². The van der Waals surface area contributed by atoms with E-state index < -0.39 is 0 Å². The Hall–Kier alpha value is -1.36. The maximum Gasteiger partial charge on any atom is 0.279 e. The molecule has 0 unspecified atom stereocenters. The largest absolute Gasteiger partial charge is 0.418 e. The Balaban J connectivity index is 1.63. The van der Waals surface area contributed by atoms with Gasteiger partial charge in [0.15, 0.2) is 0 Å². The van der Waals surface area contributed by atoms with Gasteiger partial charge < -0.3 is 4.84 Å². The van der Waals surface area contributed by atoms with Crippen molar-refractivity contribution in [3.05, 3.63) is 11.8 Å². The van der Waals surface area contributed by atoms with Crippen LogP contribution in [-0.2, 0) is 9.63 Å². The zero-order chi connectivity index (χ0) is 13.9. The molecular formula is C15H21N3O2. The molecular weight excluding hydrogens is 254 g/mol. The molecule has 5 heteroatoms. The third-order valence-electron chi connectivity index (χ3n) is 5.73. The molecule has 5 aliphatic rings. The number of hydrogen-bond acceptors (Lipinski definition) is 4. The number of carbonyl (C=O) groups excluding carboxylic acids is 1. The summed E-state index contributed by atoms with van der Waals surface area (Å²) in [5.41, 5.74) is 1.22. The minimum Gasteiger partial charge on any atom is -0.418 e. The van der Waals surface area contributed by atoms with E-state index in [9.17, 15) is 4.79 Å². The van der Waals surface area contributed by atoms with E-state index >= 15 is 0 Å². The van der Waals surface area contributed by atoms with Gasteiger partial charge in [-0.1, -0.05) is 0 Å². The van der Waals surface area contributed by atoms with Gasteiger partial charge in [-0.2, -0.15) is 11.0 Å². The summed E-state index contributed by atoms with van der Waals surface area (Å²) in [6.45, 7) is 1.85. The van der Waals surface area contributed by atoms with E-state index in [0.29, 0.717) is 29.2 Å². The Kier molecular flexibility index (Phi) is 2.67. The quantitative estimate of drug-likeness (QED) is 0.475. The predicted molar refractivity (Wildman–Crippen MR) is 74.1 cm³/mol. The average Bonchev–Trinajstić information content (AvgIpc) is 2.66. The zero-order valence-electron chi connectivity index (χ0n) is 11.8. The molecule has 20 heavy (non-hydrogen) atoms. The topological polar surface area (TPSA) is 67.9 Å². The second-order valence-corrected chi connectivity index (χ2v) is 6.92. The predicted octanol–water partition coefficient (Wildman–Crippen LogP) is 1.80. The van der Waals surface area contributed by atoms with Gasteiger partial charge in [0.25, 0.3) is 5.91 Å². The van der Waals surface area contributed by atoms with Crippen LogP contribution >= 0.6 is 0 Å². The first kappa shape index (κ1) is 12.4. The molecule has 4 aliphatic carbocycles. The highest BCUT2D eigenvalue weighted by Crippen LogP contribution is 2.55. The molecule has 1 aliphatic heterocycles. The van der Waals surface area contributed by atoms with Crippen molar-refractivity contribution < 1.29 is 9.63 Å². The zero-order valence-corrected chi connectivity index (χ0v) is 11.8. The molecule has 0 saturated heterocycles. The summed E-state index contributed by atoms with van der Waals surface area (Å²) in [6.07, 6.45) is 7.86. The van der Waals surface area contributed by atoms with Crippen LogP contribution in [0.2, 0.25) is 0 Å². The van der Waals surface area contributed by atoms with Crippen LogP contribution in [0, 0.1) is 23.7 Å². The van der Waals surface area contributed by atoms with E-state index in [-0.39, 0.29) is 5.91 Å². The fourth-order valence-corrected chi connectivity index (χ4v) is 5.24. The van der Waals surface area contributed by atoms with E-state index in [4.69, 9.17) is 5.90 Å². The normalized spacial score (nSPS) is 44.4. The Morgan fingerprint density at radius 3 is 2.35 bits per heavy atom. The highest BCUT2D eigenvalue weighted by atomic mass is 16.6. The van der Waals surface area contributed by atoms with Crippen molar-refractivity contribution in [3.8, 4) is 0 Å². The first-order valence-electron chi connectivity index (χ1n) is 7.62. The molecule has 4 bridgehead atoms. The molecule has 5 rings (SSSR count). The van der Waals surface area contributed by atoms with Gasteiger partial charge in [0, 0.05) is 0 Å². The van der Waals surface area contributed by atoms with Crippen LogP contribution < -0.4 is 5.90 Å². The lowest BCUT2D eigenvalue weighted by molar-refractivity contribution is -0.138. The number of nitrogens with two attached hydrogens (primary N) is 1. The first-order chi connectivity index (χ1) is 9.67. The summed E-state index contributed by atoms with van der Waals surface area (Å²) in [6, 6.07) is 0.300. The molecule has 2 N–H and O–H groups in total. The Bertz CT molecular complexity index is 483. The molecule has 4 fully saturated rings. The maximum atomic E-state index is 12.5. The van der Waals surface area contributed by atoms with Crippen LogP contribution in [0.15, 0.2) is 16.9 Å². The molecule has 0 aromatic rings. The minimum absolute atomic E-state index is 0.0366. The van der Waals surface area contributed by atoms with E-state index in [1.807, 2.05) is 6.92 Å². The summed E-state index contributed by atoms with van der Waals surface area (Å²) in [4.78, 5) is 17.1. The number of carbonyl (C=O) groups is 1. The fourth-order valence-electron chi connectivity index (χ4n) is 5.24. The minimum atomic E-state index is -0.0366. The van der Waals surface area contributed by atoms with E-state index in [1.165, 1.54) is 38.4 Å². The maximum absolute atomic E-state index is 12.5. The van der Waals surface area contributed by atoms with Crippen molar-refractivity contribution in [1.29, 1.82) is 0 Å². The lowest BCUT2D eigenvalue weighted by Gasteiger charge is -2.55. The van der Waals surface area contributed by atoms with Crippen LogP contribution in [0.25, 0.3) is 0 Å². The second kappa shape index (κ2) is 4.32. The number of rotatable bonds is 2. The van der Waals surface area contributed by atoms with Gasteiger partial charge in [-0.25, -0.2) is 5.01 Å². The summed E-state index contributed by atoms with van der Waals surface area (Å²) in [7, 11) is 0. The van der Waals surface area contributed by atoms with Crippen molar-refractivity contribution in [1.82, 2.24) is 5.01 Å². The van der Waals surface area contributed by atoms with Gasteiger partial charge in [0.1, 0.15) is 11.8 Å². The summed E-state index contributed by atoms with van der Waals surface area (Å²) < 4.78 is 0. The molecule has 0 spiro atoms. The average molecular weight is 275 g/mol. The van der Waals surface area contributed by atoms with Gasteiger partial charge in [-0.05, 0) is 62.7 Å². The highest BCUT2D eigenvalue weighted by molar-refractivity contribution is 6.23. The van der Waals surface area contributed by atoms with Gasteiger partial charge >= 0.3 is 0 Å². The molecule has 5 nitrogen and oxygen atoms in total. The highest BCUT2D eigenvalue weighted by Gasteiger charge is 2.52. The smallest absolute Gasteiger partial charge is 0.279 e. The Labute approximate surface area is 118 Å². The molecule has 1 heterocycles. The monoisotopic (exact) mass is 275 g/mol.